The topological polar surface area (TPSA) is 154 Å². The van der Waals surface area contributed by atoms with Gasteiger partial charge in [-0.25, -0.2) is 8.42 Å². The van der Waals surface area contributed by atoms with Crippen LogP contribution in [0.2, 0.25) is 0 Å². The number of sulfone groups is 1. The summed E-state index contributed by atoms with van der Waals surface area (Å²) in [6.07, 6.45) is 0.534. The second-order valence-corrected chi connectivity index (χ2v) is 10.0. The monoisotopic (exact) mass is 507 g/mol. The number of ether oxygens (including phenoxy) is 2. The van der Waals surface area contributed by atoms with Gasteiger partial charge in [-0.2, -0.15) is 0 Å². The Kier molecular flexibility index (Phi) is 5.59. The Labute approximate surface area is 205 Å². The van der Waals surface area contributed by atoms with Gasteiger partial charge in [-0.05, 0) is 48.0 Å². The van der Waals surface area contributed by atoms with Crippen LogP contribution in [0.15, 0.2) is 61.2 Å². The second-order valence-electron chi connectivity index (χ2n) is 8.13. The van der Waals surface area contributed by atoms with Crippen LogP contribution in [0.1, 0.15) is 16.8 Å². The van der Waals surface area contributed by atoms with Gasteiger partial charge in [0.05, 0.1) is 21.5 Å². The summed E-state index contributed by atoms with van der Waals surface area (Å²) in [5.74, 6) is 0.776. The predicted molar refractivity (Wildman–Crippen MR) is 130 cm³/mol. The summed E-state index contributed by atoms with van der Waals surface area (Å²) in [6, 6.07) is 8.66. The lowest BCUT2D eigenvalue weighted by molar-refractivity contribution is -0.109. The van der Waals surface area contributed by atoms with Crippen molar-refractivity contribution in [2.45, 2.75) is 23.3 Å². The van der Waals surface area contributed by atoms with E-state index in [1.165, 1.54) is 34.9 Å². The van der Waals surface area contributed by atoms with Crippen LogP contribution in [0.4, 0.5) is 0 Å². The number of nitrogens with zero attached hydrogens (tertiary/aromatic N) is 3. The molecule has 0 spiro atoms. The fourth-order valence-electron chi connectivity index (χ4n) is 4.21. The molecule has 11 nitrogen and oxygen atoms in total. The maximum absolute atomic E-state index is 13.8. The van der Waals surface area contributed by atoms with E-state index in [1.54, 1.807) is 13.0 Å². The van der Waals surface area contributed by atoms with Crippen LogP contribution >= 0.6 is 0 Å². The molecule has 1 amide bonds. The normalized spacial score (nSPS) is 14.0. The van der Waals surface area contributed by atoms with E-state index in [1.807, 2.05) is 0 Å². The van der Waals surface area contributed by atoms with E-state index >= 15 is 0 Å². The number of hydrogen-bond acceptors (Lipinski definition) is 9. The number of nitrogens with one attached hydrogen (secondary N) is 1. The number of pyridine rings is 1. The van der Waals surface area contributed by atoms with E-state index in [9.17, 15) is 18.0 Å². The summed E-state index contributed by atoms with van der Waals surface area (Å²) in [5.41, 5.74) is 6.90. The maximum Gasteiger partial charge on any atom is 0.274 e. The van der Waals surface area contributed by atoms with Crippen LogP contribution in [0.25, 0.3) is 12.3 Å². The highest BCUT2D eigenvalue weighted by Gasteiger charge is 2.28. The molecule has 2 aliphatic rings. The van der Waals surface area contributed by atoms with Crippen LogP contribution in [0.3, 0.4) is 0 Å². The lowest BCUT2D eigenvalue weighted by Crippen LogP contribution is -2.37. The number of aryl methyl sites for hydroxylation is 1. The third kappa shape index (κ3) is 3.62. The molecule has 0 unspecified atom stereocenters. The van der Waals surface area contributed by atoms with Crippen LogP contribution < -0.4 is 36.7 Å². The third-order valence-electron chi connectivity index (χ3n) is 5.95. The highest BCUT2D eigenvalue weighted by atomic mass is 32.2. The molecule has 12 heteroatoms. The maximum atomic E-state index is 13.8. The van der Waals surface area contributed by atoms with Crippen molar-refractivity contribution in [3.8, 4) is 17.2 Å². The van der Waals surface area contributed by atoms with Gasteiger partial charge in [0, 0.05) is 18.3 Å². The zero-order chi connectivity index (χ0) is 25.6. The number of amides is 1. The SMILES string of the molecule is C=c1c(CNC=O)cc2c(c1-n1c(C)ccc(S(=O)(=O)c3ccc4c(c3)OCCO4)c1=O)C(N)=NN=2. The molecule has 0 bridgehead atoms. The third-order valence-corrected chi connectivity index (χ3v) is 7.72. The minimum Gasteiger partial charge on any atom is -0.486 e. The Morgan fingerprint density at radius 2 is 1.89 bits per heavy atom. The fourth-order valence-corrected chi connectivity index (χ4v) is 5.54. The molecule has 0 radical (unpaired) electrons. The lowest BCUT2D eigenvalue weighted by Gasteiger charge is -2.19. The van der Waals surface area contributed by atoms with Gasteiger partial charge in [0.1, 0.15) is 18.1 Å². The minimum atomic E-state index is -4.25. The van der Waals surface area contributed by atoms with Crippen molar-refractivity contribution >= 4 is 28.7 Å². The molecule has 0 saturated heterocycles. The van der Waals surface area contributed by atoms with Crippen LogP contribution in [-0.2, 0) is 21.2 Å². The molecular formula is C24H21N5O6S. The number of carbonyl (C=O) groups excluding carboxylic acids is 1. The molecule has 0 saturated carbocycles. The Hall–Kier alpha value is -4.45. The molecule has 0 fully saturated rings. The Morgan fingerprint density at radius 3 is 2.64 bits per heavy atom. The molecular weight excluding hydrogens is 486 g/mol. The molecule has 184 valence electrons. The van der Waals surface area contributed by atoms with Crippen molar-refractivity contribution in [1.29, 1.82) is 0 Å². The molecule has 1 aromatic heterocycles. The number of benzene rings is 2. The van der Waals surface area contributed by atoms with E-state index in [0.29, 0.717) is 46.2 Å². The molecule has 2 aliphatic heterocycles. The number of carbonyl (C=O) groups is 1. The van der Waals surface area contributed by atoms with Gasteiger partial charge in [-0.3, -0.25) is 14.2 Å². The highest BCUT2D eigenvalue weighted by molar-refractivity contribution is 7.91. The second kappa shape index (κ2) is 8.64. The smallest absolute Gasteiger partial charge is 0.274 e. The van der Waals surface area contributed by atoms with Crippen molar-refractivity contribution < 1.29 is 22.7 Å². The number of rotatable bonds is 6. The number of nitrogens with two attached hydrogens (primary N) is 1. The number of hydrogen-bond donors (Lipinski definition) is 2. The van der Waals surface area contributed by atoms with E-state index in [4.69, 9.17) is 15.2 Å². The summed E-state index contributed by atoms with van der Waals surface area (Å²) in [6.45, 7) is 6.51. The number of aromatic nitrogens is 1. The Morgan fingerprint density at radius 1 is 1.14 bits per heavy atom. The van der Waals surface area contributed by atoms with Gasteiger partial charge in [0.15, 0.2) is 17.3 Å². The van der Waals surface area contributed by atoms with Crippen molar-refractivity contribution in [3.63, 3.8) is 0 Å². The molecule has 36 heavy (non-hydrogen) atoms. The first kappa shape index (κ1) is 23.3. The summed E-state index contributed by atoms with van der Waals surface area (Å²) < 4.78 is 39.4. The fraction of sp³-hybridized carbons (Fsp3) is 0.167. The zero-order valence-electron chi connectivity index (χ0n) is 19.1. The quantitative estimate of drug-likeness (QED) is 0.433. The van der Waals surface area contributed by atoms with Gasteiger partial charge in [0.2, 0.25) is 16.2 Å². The van der Waals surface area contributed by atoms with E-state index in [2.05, 4.69) is 22.1 Å². The Bertz CT molecular complexity index is 1740. The highest BCUT2D eigenvalue weighted by Crippen LogP contribution is 2.33. The molecule has 3 N–H and O–H groups in total. The minimum absolute atomic E-state index is 0.0613. The van der Waals surface area contributed by atoms with Crippen molar-refractivity contribution in [2.24, 2.45) is 15.9 Å². The predicted octanol–water partition coefficient (Wildman–Crippen LogP) is -0.340. The van der Waals surface area contributed by atoms with Gasteiger partial charge in [-0.1, -0.05) is 6.58 Å². The molecule has 3 heterocycles. The van der Waals surface area contributed by atoms with Crippen molar-refractivity contribution in [1.82, 2.24) is 9.88 Å². The molecule has 5 rings (SSSR count). The molecule has 0 aliphatic carbocycles. The first-order chi connectivity index (χ1) is 17.2. The lowest BCUT2D eigenvalue weighted by atomic mass is 10.0. The van der Waals surface area contributed by atoms with Crippen molar-refractivity contribution in [3.05, 3.63) is 74.1 Å². The van der Waals surface area contributed by atoms with Gasteiger partial charge in [0.25, 0.3) is 5.56 Å². The van der Waals surface area contributed by atoms with Gasteiger partial charge < -0.3 is 20.5 Å². The summed E-state index contributed by atoms with van der Waals surface area (Å²) in [4.78, 5) is 24.1. The Balaban J connectivity index is 1.74. The first-order valence-corrected chi connectivity index (χ1v) is 12.3. The van der Waals surface area contributed by atoms with Crippen LogP contribution in [0.5, 0.6) is 11.5 Å². The number of fused-ring (bicyclic) bond motifs is 2. The van der Waals surface area contributed by atoms with Gasteiger partial charge >= 0.3 is 0 Å². The molecule has 2 aromatic carbocycles. The van der Waals surface area contributed by atoms with Crippen LogP contribution in [0, 0.1) is 6.92 Å². The zero-order valence-corrected chi connectivity index (χ0v) is 20.0. The summed E-state index contributed by atoms with van der Waals surface area (Å²) in [7, 11) is -4.25. The van der Waals surface area contributed by atoms with E-state index in [-0.39, 0.29) is 35.3 Å². The average molecular weight is 508 g/mol. The van der Waals surface area contributed by atoms with Gasteiger partial charge in [-0.15, -0.1) is 10.2 Å². The largest absolute Gasteiger partial charge is 0.486 e. The standard InChI is InChI=1S/C24H21N5O6S/c1-13-3-6-20(36(32,33)16-4-5-18-19(10-16)35-8-7-34-18)24(31)29(13)22-14(2)15(11-26-12-30)9-17-21(22)23(25)28-27-17/h3-6,9-10,12H,2,7-8,11H2,1H3,(H2,25,28)(H,26,30). The van der Waals surface area contributed by atoms with Crippen LogP contribution in [-0.4, -0.2) is 38.4 Å². The van der Waals surface area contributed by atoms with Crippen molar-refractivity contribution in [2.75, 3.05) is 13.2 Å². The summed E-state index contributed by atoms with van der Waals surface area (Å²) in [5, 5.41) is 11.3. The summed E-state index contributed by atoms with van der Waals surface area (Å²) >= 11 is 0. The van der Waals surface area contributed by atoms with E-state index < -0.39 is 20.3 Å². The molecule has 0 atom stereocenters. The average Bonchev–Trinajstić information content (AvgIpc) is 3.23. The number of amidine groups is 1. The first-order valence-electron chi connectivity index (χ1n) is 10.8. The molecule has 3 aromatic rings. The van der Waals surface area contributed by atoms with E-state index in [0.717, 1.165) is 0 Å².